The first-order valence-corrected chi connectivity index (χ1v) is 8.73. The van der Waals surface area contributed by atoms with Crippen LogP contribution in [0.3, 0.4) is 0 Å². The van der Waals surface area contributed by atoms with E-state index < -0.39 is 32.6 Å². The van der Waals surface area contributed by atoms with Gasteiger partial charge in [-0.05, 0) is 25.0 Å². The molecular formula is C14H19F3N2O3S. The maximum Gasteiger partial charge on any atom is 0.573 e. The fraction of sp³-hybridized carbons (Fsp3) is 0.571. The van der Waals surface area contributed by atoms with Gasteiger partial charge in [-0.25, -0.2) is 13.1 Å². The van der Waals surface area contributed by atoms with Crippen molar-refractivity contribution in [1.29, 1.82) is 0 Å². The van der Waals surface area contributed by atoms with Crippen LogP contribution in [0.5, 0.6) is 5.75 Å². The average molecular weight is 352 g/mol. The van der Waals surface area contributed by atoms with E-state index in [1.807, 2.05) is 0 Å². The van der Waals surface area contributed by atoms with Gasteiger partial charge >= 0.3 is 6.36 Å². The highest BCUT2D eigenvalue weighted by Gasteiger charge is 2.35. The molecule has 1 saturated carbocycles. The Balaban J connectivity index is 2.16. The number of sulfonamides is 1. The first-order valence-electron chi connectivity index (χ1n) is 7.25. The van der Waals surface area contributed by atoms with E-state index in [9.17, 15) is 21.6 Å². The van der Waals surface area contributed by atoms with Crippen molar-refractivity contribution in [3.8, 4) is 5.75 Å². The summed E-state index contributed by atoms with van der Waals surface area (Å²) < 4.78 is 67.9. The van der Waals surface area contributed by atoms with Gasteiger partial charge in [0.25, 0.3) is 0 Å². The predicted octanol–water partition coefficient (Wildman–Crippen LogP) is 2.53. The molecule has 0 saturated heterocycles. The van der Waals surface area contributed by atoms with Crippen LogP contribution >= 0.6 is 0 Å². The van der Waals surface area contributed by atoms with Gasteiger partial charge in [-0.3, -0.25) is 0 Å². The number of benzene rings is 1. The van der Waals surface area contributed by atoms with Gasteiger partial charge in [-0.15, -0.1) is 13.2 Å². The molecule has 5 nitrogen and oxygen atoms in total. The van der Waals surface area contributed by atoms with Crippen molar-refractivity contribution in [2.75, 3.05) is 6.54 Å². The van der Waals surface area contributed by atoms with Crippen molar-refractivity contribution < 1.29 is 26.3 Å². The highest BCUT2D eigenvalue weighted by molar-refractivity contribution is 7.89. The molecule has 1 aliphatic rings. The minimum atomic E-state index is -4.97. The quantitative estimate of drug-likeness (QED) is 0.853. The second-order valence-corrected chi connectivity index (χ2v) is 7.48. The average Bonchev–Trinajstić information content (AvgIpc) is 2.45. The van der Waals surface area contributed by atoms with Gasteiger partial charge in [0.15, 0.2) is 0 Å². The largest absolute Gasteiger partial charge is 0.573 e. The molecule has 0 atom stereocenters. The zero-order chi connectivity index (χ0) is 17.1. The van der Waals surface area contributed by atoms with E-state index in [4.69, 9.17) is 5.73 Å². The summed E-state index contributed by atoms with van der Waals surface area (Å²) in [6.07, 6.45) is -0.748. The van der Waals surface area contributed by atoms with Crippen molar-refractivity contribution in [3.63, 3.8) is 0 Å². The highest BCUT2D eigenvalue weighted by atomic mass is 32.2. The van der Waals surface area contributed by atoms with E-state index in [0.29, 0.717) is 12.8 Å². The summed E-state index contributed by atoms with van der Waals surface area (Å²) in [6, 6.07) is 4.62. The molecule has 2 rings (SSSR count). The van der Waals surface area contributed by atoms with Crippen LogP contribution in [-0.2, 0) is 10.0 Å². The molecule has 0 aromatic heterocycles. The van der Waals surface area contributed by atoms with Gasteiger partial charge in [-0.2, -0.15) is 0 Å². The van der Waals surface area contributed by atoms with Crippen LogP contribution < -0.4 is 15.2 Å². The van der Waals surface area contributed by atoms with Gasteiger partial charge in [-0.1, -0.05) is 31.4 Å². The lowest BCUT2D eigenvalue weighted by Gasteiger charge is -2.33. The van der Waals surface area contributed by atoms with E-state index in [2.05, 4.69) is 9.46 Å². The Morgan fingerprint density at radius 1 is 1.17 bits per heavy atom. The van der Waals surface area contributed by atoms with Crippen LogP contribution in [-0.4, -0.2) is 26.9 Å². The van der Waals surface area contributed by atoms with Gasteiger partial charge in [0.2, 0.25) is 10.0 Å². The summed E-state index contributed by atoms with van der Waals surface area (Å²) in [5, 5.41) is 0. The summed E-state index contributed by atoms with van der Waals surface area (Å²) in [7, 11) is -4.16. The third-order valence-electron chi connectivity index (χ3n) is 3.83. The number of hydrogen-bond donors (Lipinski definition) is 2. The van der Waals surface area contributed by atoms with Crippen LogP contribution in [0.25, 0.3) is 0 Å². The molecule has 23 heavy (non-hydrogen) atoms. The Hall–Kier alpha value is -1.32. The van der Waals surface area contributed by atoms with Gasteiger partial charge in [0.1, 0.15) is 10.6 Å². The fourth-order valence-corrected chi connectivity index (χ4v) is 3.90. The minimum Gasteiger partial charge on any atom is -0.404 e. The number of para-hydroxylation sites is 1. The third-order valence-corrected chi connectivity index (χ3v) is 5.27. The highest BCUT2D eigenvalue weighted by Crippen LogP contribution is 2.30. The summed E-state index contributed by atoms with van der Waals surface area (Å²) in [5.74, 6) is -0.762. The Labute approximate surface area is 133 Å². The fourth-order valence-electron chi connectivity index (χ4n) is 2.63. The molecule has 0 aliphatic heterocycles. The minimum absolute atomic E-state index is 0.0182. The molecule has 0 radical (unpaired) electrons. The summed E-state index contributed by atoms with van der Waals surface area (Å²) in [5.41, 5.74) is 5.48. The zero-order valence-electron chi connectivity index (χ0n) is 12.4. The van der Waals surface area contributed by atoms with Crippen molar-refractivity contribution in [1.82, 2.24) is 4.72 Å². The standard InChI is InChI=1S/C14H19F3N2O3S/c15-14(16,17)22-11-6-2-3-7-12(11)23(20,21)19-10-13(18)8-4-1-5-9-13/h2-3,6-7,19H,1,4-5,8-10,18H2. The van der Waals surface area contributed by atoms with Gasteiger partial charge in [0, 0.05) is 12.1 Å². The molecule has 1 aromatic carbocycles. The van der Waals surface area contributed by atoms with Crippen molar-refractivity contribution in [3.05, 3.63) is 24.3 Å². The van der Waals surface area contributed by atoms with Crippen LogP contribution in [0.15, 0.2) is 29.2 Å². The van der Waals surface area contributed by atoms with Gasteiger partial charge in [0.05, 0.1) is 0 Å². The Morgan fingerprint density at radius 3 is 2.39 bits per heavy atom. The van der Waals surface area contributed by atoms with E-state index >= 15 is 0 Å². The zero-order valence-corrected chi connectivity index (χ0v) is 13.2. The molecule has 3 N–H and O–H groups in total. The number of rotatable bonds is 5. The van der Waals surface area contributed by atoms with E-state index in [-0.39, 0.29) is 6.54 Å². The van der Waals surface area contributed by atoms with E-state index in [1.54, 1.807) is 0 Å². The lowest BCUT2D eigenvalue weighted by atomic mass is 9.83. The first kappa shape index (κ1) is 18.0. The summed E-state index contributed by atoms with van der Waals surface area (Å²) in [6.45, 7) is -0.0182. The first-order chi connectivity index (χ1) is 10.6. The monoisotopic (exact) mass is 352 g/mol. The molecule has 130 valence electrons. The summed E-state index contributed by atoms with van der Waals surface area (Å²) in [4.78, 5) is -0.559. The van der Waals surface area contributed by atoms with Gasteiger partial charge < -0.3 is 10.5 Å². The number of halogens is 3. The van der Waals surface area contributed by atoms with Crippen LogP contribution in [0.2, 0.25) is 0 Å². The topological polar surface area (TPSA) is 81.4 Å². The van der Waals surface area contributed by atoms with Crippen molar-refractivity contribution >= 4 is 10.0 Å². The number of ether oxygens (including phenoxy) is 1. The predicted molar refractivity (Wildman–Crippen MR) is 78.3 cm³/mol. The third kappa shape index (κ3) is 5.08. The normalized spacial score (nSPS) is 18.6. The maximum atomic E-state index is 12.4. The number of nitrogens with one attached hydrogen (secondary N) is 1. The molecule has 1 aliphatic carbocycles. The van der Waals surface area contributed by atoms with E-state index in [1.165, 1.54) is 12.1 Å². The molecule has 1 aromatic rings. The molecule has 0 unspecified atom stereocenters. The Bertz CT molecular complexity index is 641. The van der Waals surface area contributed by atoms with Crippen molar-refractivity contribution in [2.24, 2.45) is 5.73 Å². The second kappa shape index (κ2) is 6.66. The number of nitrogens with two attached hydrogens (primary N) is 1. The van der Waals surface area contributed by atoms with Crippen molar-refractivity contribution in [2.45, 2.75) is 48.9 Å². The van der Waals surface area contributed by atoms with E-state index in [0.717, 1.165) is 31.4 Å². The maximum absolute atomic E-state index is 12.4. The number of hydrogen-bond acceptors (Lipinski definition) is 4. The lowest BCUT2D eigenvalue weighted by molar-refractivity contribution is -0.275. The molecule has 9 heteroatoms. The van der Waals surface area contributed by atoms with Crippen LogP contribution in [0.1, 0.15) is 32.1 Å². The van der Waals surface area contributed by atoms with Crippen LogP contribution in [0.4, 0.5) is 13.2 Å². The molecule has 1 fully saturated rings. The number of alkyl halides is 3. The van der Waals surface area contributed by atoms with Crippen LogP contribution in [0, 0.1) is 0 Å². The molecule has 0 amide bonds. The SMILES string of the molecule is NC1(CNS(=O)(=O)c2ccccc2OC(F)(F)F)CCCCC1. The molecule has 0 heterocycles. The smallest absolute Gasteiger partial charge is 0.404 e. The molecular weight excluding hydrogens is 333 g/mol. The second-order valence-electron chi connectivity index (χ2n) is 5.74. The molecule has 0 spiro atoms. The summed E-state index contributed by atoms with van der Waals surface area (Å²) >= 11 is 0. The lowest BCUT2D eigenvalue weighted by Crippen LogP contribution is -2.51. The molecule has 0 bridgehead atoms. The Kier molecular flexibility index (Phi) is 5.22. The Morgan fingerprint density at radius 2 is 1.78 bits per heavy atom.